The molecular weight excluding hydrogens is 531 g/mol. The average molecular weight is 555 g/mol. The molecule has 27 heavy (non-hydrogen) atoms. The number of nitrogens with zero attached hydrogens (tertiary/aromatic N) is 2. The van der Waals surface area contributed by atoms with Gasteiger partial charge in [-0.2, -0.15) is 0 Å². The Balaban J connectivity index is -0.0000000201. The van der Waals surface area contributed by atoms with E-state index in [1.807, 2.05) is 0 Å². The molecule has 0 aromatic heterocycles. The zero-order chi connectivity index (χ0) is 20.8. The second-order valence-electron chi connectivity index (χ2n) is 2.42. The van der Waals surface area contributed by atoms with Crippen LogP contribution >= 0.6 is 0 Å². The smallest absolute Gasteiger partial charge is 0.854 e. The van der Waals surface area contributed by atoms with Gasteiger partial charge in [0.15, 0.2) is 0 Å². The van der Waals surface area contributed by atoms with Gasteiger partial charge in [-0.25, -0.2) is 0 Å². The van der Waals surface area contributed by atoms with Crippen molar-refractivity contribution in [3.8, 4) is 0 Å². The van der Waals surface area contributed by atoms with Crippen LogP contribution in [0.25, 0.3) is 0 Å². The van der Waals surface area contributed by atoms with Gasteiger partial charge in [-0.15, -0.1) is 26.4 Å². The van der Waals surface area contributed by atoms with Gasteiger partial charge < -0.3 is 74.0 Å². The van der Waals surface area contributed by atoms with E-state index in [-0.39, 0.29) is 104 Å². The summed E-state index contributed by atoms with van der Waals surface area (Å²) in [5.74, 6) is 0. The Morgan fingerprint density at radius 3 is 0.519 bits per heavy atom. The van der Waals surface area contributed by atoms with Gasteiger partial charge in [0.25, 0.3) is 0 Å². The molecule has 0 aliphatic heterocycles. The molecule has 0 spiro atoms. The molecule has 19 heteroatoms. The van der Waals surface area contributed by atoms with Crippen molar-refractivity contribution in [3.63, 3.8) is 0 Å². The van der Waals surface area contributed by atoms with Gasteiger partial charge in [0, 0.05) is 0 Å². The van der Waals surface area contributed by atoms with Crippen LogP contribution in [0.1, 0.15) is 0 Å². The molecule has 3 radical (unpaired) electrons. The van der Waals surface area contributed by atoms with Crippen molar-refractivity contribution >= 4 is 0 Å². The zero-order valence-electron chi connectivity index (χ0n) is 13.8. The standard InChI is InChI=1S/4C2H6NO.3Cu.2NO3/c4*3-1-2-4;;;;2*2-1(3)4/h4*1-3H2;;;;;/q4*-1;3*+2;2*-1. The predicted octanol–water partition coefficient (Wildman–Crippen LogP) is -7.26. The van der Waals surface area contributed by atoms with Crippen LogP contribution in [0.3, 0.4) is 0 Å². The fourth-order valence-corrected chi connectivity index (χ4v) is 0. The van der Waals surface area contributed by atoms with Crippen LogP contribution in [-0.4, -0.2) is 62.8 Å². The Morgan fingerprint density at radius 2 is 0.519 bits per heavy atom. The molecule has 0 fully saturated rings. The zero-order valence-corrected chi connectivity index (χ0v) is 16.7. The van der Waals surface area contributed by atoms with Crippen LogP contribution in [0.2, 0.25) is 0 Å². The van der Waals surface area contributed by atoms with Crippen molar-refractivity contribution in [1.82, 2.24) is 0 Å². The number of hydrogen-bond acceptors (Lipinski definition) is 14. The first kappa shape index (κ1) is 56.3. The van der Waals surface area contributed by atoms with Crippen molar-refractivity contribution in [2.45, 2.75) is 0 Å². The van der Waals surface area contributed by atoms with Crippen LogP contribution in [0.15, 0.2) is 0 Å². The minimum Gasteiger partial charge on any atom is -0.854 e. The quantitative estimate of drug-likeness (QED) is 0.142. The molecule has 16 nitrogen and oxygen atoms in total. The second-order valence-corrected chi connectivity index (χ2v) is 2.42. The molecule has 179 valence electrons. The molecule has 0 rings (SSSR count). The van der Waals surface area contributed by atoms with Gasteiger partial charge in [0.1, 0.15) is 0 Å². The van der Waals surface area contributed by atoms with Crippen LogP contribution < -0.4 is 43.4 Å². The van der Waals surface area contributed by atoms with Crippen molar-refractivity contribution in [2.75, 3.05) is 52.6 Å². The Morgan fingerprint density at radius 1 is 0.481 bits per heavy atom. The minimum atomic E-state index is -1.75. The summed E-state index contributed by atoms with van der Waals surface area (Å²) in [6.07, 6.45) is 0. The minimum absolute atomic E-state index is 0. The third-order valence-corrected chi connectivity index (χ3v) is 0.471. The molecule has 0 aliphatic carbocycles. The summed E-state index contributed by atoms with van der Waals surface area (Å²) in [5.41, 5.74) is 18.9. The molecule has 0 aromatic rings. The summed E-state index contributed by atoms with van der Waals surface area (Å²) < 4.78 is 0. The summed E-state index contributed by atoms with van der Waals surface area (Å²) in [6, 6.07) is 0. The Kier molecular flexibility index (Phi) is 174. The third-order valence-electron chi connectivity index (χ3n) is 0.471. The second kappa shape index (κ2) is 83.7. The molecule has 0 aromatic carbocycles. The van der Waals surface area contributed by atoms with Gasteiger partial charge in [-0.1, -0.05) is 0 Å². The van der Waals surface area contributed by atoms with Crippen molar-refractivity contribution in [2.24, 2.45) is 22.9 Å². The molecule has 0 aliphatic rings. The Bertz CT molecular complexity index is 172. The van der Waals surface area contributed by atoms with Gasteiger partial charge in [-0.05, 0) is 26.2 Å². The first-order chi connectivity index (χ1) is 11.1. The largest absolute Gasteiger partial charge is 2.00 e. The monoisotopic (exact) mass is 553 g/mol. The fraction of sp³-hybridized carbons (Fsp3) is 1.00. The van der Waals surface area contributed by atoms with Crippen LogP contribution in [-0.2, 0) is 51.2 Å². The van der Waals surface area contributed by atoms with E-state index in [4.69, 9.17) is 53.6 Å². The molecule has 8 N–H and O–H groups in total. The van der Waals surface area contributed by atoms with E-state index in [0.717, 1.165) is 0 Å². The maximum Gasteiger partial charge on any atom is 2.00 e. The van der Waals surface area contributed by atoms with Crippen molar-refractivity contribution < 1.29 is 81.8 Å². The first-order valence-electron chi connectivity index (χ1n) is 5.88. The van der Waals surface area contributed by atoms with Crippen molar-refractivity contribution in [1.29, 1.82) is 0 Å². The molecular formula is C8H24Cu3N6O10. The summed E-state index contributed by atoms with van der Waals surface area (Å²) >= 11 is 0. The van der Waals surface area contributed by atoms with Gasteiger partial charge in [0.2, 0.25) is 0 Å². The molecule has 0 saturated heterocycles. The van der Waals surface area contributed by atoms with E-state index in [9.17, 15) is 20.4 Å². The Hall–Kier alpha value is -0.362. The molecule has 0 atom stereocenters. The molecule has 0 heterocycles. The maximum absolute atomic E-state index is 9.17. The van der Waals surface area contributed by atoms with E-state index in [1.54, 1.807) is 0 Å². The van der Waals surface area contributed by atoms with Crippen LogP contribution in [0.4, 0.5) is 0 Å². The molecule has 0 unspecified atom stereocenters. The average Bonchev–Trinajstić information content (AvgIpc) is 2.54. The summed E-state index contributed by atoms with van der Waals surface area (Å²) in [4.78, 5) is 16.5. The Labute approximate surface area is 187 Å². The van der Waals surface area contributed by atoms with Crippen LogP contribution in [0, 0.1) is 30.6 Å². The van der Waals surface area contributed by atoms with Crippen LogP contribution in [0.5, 0.6) is 0 Å². The number of rotatable bonds is 4. The van der Waals surface area contributed by atoms with E-state index in [0.29, 0.717) is 0 Å². The molecule has 0 amide bonds. The van der Waals surface area contributed by atoms with E-state index < -0.39 is 10.2 Å². The predicted molar refractivity (Wildman–Crippen MR) is 76.4 cm³/mol. The topological polar surface area (TPSA) is 329 Å². The van der Waals surface area contributed by atoms with Gasteiger partial charge >= 0.3 is 51.2 Å². The third kappa shape index (κ3) is 1080. The SMILES string of the molecule is NCC[O-].NCC[O-].NCC[O-].NCC[O-].O=[N+]([O-])[O-].O=[N+]([O-])[O-].[Cu+2].[Cu+2].[Cu+2]. The van der Waals surface area contributed by atoms with E-state index in [1.165, 1.54) is 0 Å². The van der Waals surface area contributed by atoms with Gasteiger partial charge in [0.05, 0.1) is 10.2 Å². The van der Waals surface area contributed by atoms with Crippen molar-refractivity contribution in [3.05, 3.63) is 30.6 Å². The van der Waals surface area contributed by atoms with Gasteiger partial charge in [-0.3, -0.25) is 0 Å². The van der Waals surface area contributed by atoms with E-state index >= 15 is 0 Å². The summed E-state index contributed by atoms with van der Waals surface area (Å²) in [5, 5.41) is 66.2. The first-order valence-corrected chi connectivity index (χ1v) is 5.88. The number of hydrogen-bond donors (Lipinski definition) is 4. The molecule has 0 saturated carbocycles. The summed E-state index contributed by atoms with van der Waals surface area (Å²) in [7, 11) is 0. The summed E-state index contributed by atoms with van der Waals surface area (Å²) in [6.45, 7) is 0.444. The normalized spacial score (nSPS) is 6.22. The maximum atomic E-state index is 9.17. The fourth-order valence-electron chi connectivity index (χ4n) is 0. The molecule has 0 bridgehead atoms. The number of nitrogens with two attached hydrogens (primary N) is 4. The van der Waals surface area contributed by atoms with E-state index in [2.05, 4.69) is 0 Å².